The summed E-state index contributed by atoms with van der Waals surface area (Å²) < 4.78 is 83.3. The highest BCUT2D eigenvalue weighted by Crippen LogP contribution is 2.51. The Bertz CT molecular complexity index is 1910. The number of anilines is 2. The topological polar surface area (TPSA) is 143 Å². The van der Waals surface area contributed by atoms with E-state index in [1.54, 1.807) is 14.2 Å². The summed E-state index contributed by atoms with van der Waals surface area (Å²) in [5.74, 6) is 1.38. The molecule has 258 valence electrons. The van der Waals surface area contributed by atoms with E-state index in [1.165, 1.54) is 18.7 Å². The Morgan fingerprint density at radius 3 is 2.31 bits per heavy atom. The van der Waals surface area contributed by atoms with Crippen LogP contribution >= 0.6 is 11.8 Å². The molecule has 0 radical (unpaired) electrons. The van der Waals surface area contributed by atoms with Crippen molar-refractivity contribution in [2.75, 3.05) is 42.9 Å². The second-order valence-electron chi connectivity index (χ2n) is 11.5. The molecule has 0 aromatic heterocycles. The Labute approximate surface area is 286 Å². The first kappa shape index (κ1) is 35.6. The monoisotopic (exact) mass is 716 g/mol. The molecule has 2 heterocycles. The number of hydrogen-bond donors (Lipinski definition) is 2. The van der Waals surface area contributed by atoms with Gasteiger partial charge in [0.1, 0.15) is 5.75 Å². The first-order valence-electron chi connectivity index (χ1n) is 15.5. The molecule has 5 rings (SSSR count). The van der Waals surface area contributed by atoms with Gasteiger partial charge in [0.15, 0.2) is 17.7 Å². The predicted molar refractivity (Wildman–Crippen MR) is 190 cm³/mol. The van der Waals surface area contributed by atoms with Crippen molar-refractivity contribution in [3.63, 3.8) is 0 Å². The number of nitrogens with zero attached hydrogens (tertiary/aromatic N) is 2. The lowest BCUT2D eigenvalue weighted by Gasteiger charge is -2.25. The Morgan fingerprint density at radius 2 is 1.67 bits per heavy atom. The molecule has 0 aliphatic carbocycles. The lowest BCUT2D eigenvalue weighted by atomic mass is 10.0. The molecule has 2 N–H and O–H groups in total. The normalized spacial score (nSPS) is 17.7. The lowest BCUT2D eigenvalue weighted by Crippen LogP contribution is -2.36. The smallest absolute Gasteiger partial charge is 0.267 e. The predicted octanol–water partition coefficient (Wildman–Crippen LogP) is 6.63. The molecule has 48 heavy (non-hydrogen) atoms. The van der Waals surface area contributed by atoms with Crippen LogP contribution in [0.3, 0.4) is 0 Å². The minimum Gasteiger partial charge on any atom is -0.493 e. The maximum absolute atomic E-state index is 11.9. The third-order valence-corrected chi connectivity index (χ3v) is 11.5. The minimum atomic E-state index is -4.22. The quantitative estimate of drug-likeness (QED) is 0.173. The van der Waals surface area contributed by atoms with Gasteiger partial charge in [-0.1, -0.05) is 55.1 Å². The van der Waals surface area contributed by atoms with Gasteiger partial charge < -0.3 is 24.0 Å². The molecule has 11 nitrogen and oxygen atoms in total. The van der Waals surface area contributed by atoms with Crippen molar-refractivity contribution in [1.29, 1.82) is 0 Å². The molecule has 0 amide bonds. The zero-order valence-corrected chi connectivity index (χ0v) is 29.6. The first-order valence-corrected chi connectivity index (χ1v) is 19.4. The fraction of sp³-hybridized carbons (Fsp3) is 0.353. The standard InChI is InChI=1S/C34H40N2O9S3/c1-5-24(19-34-36(15-9-17-47(37,38)39)28-21-30(43-3)31(44-4)22-32(28)46-34)18-33-35(16-14-23(2)48(40,41)42)27-20-26(12-13-29(27)45-33)25-10-7-6-8-11-25/h6-8,10-13,18-23,33H,5,9,14-17H2,1-4H3,(H,37,38,39)(H,40,41,42). The fourth-order valence-electron chi connectivity index (χ4n) is 5.61. The van der Waals surface area contributed by atoms with Gasteiger partial charge in [-0.05, 0) is 67.2 Å². The van der Waals surface area contributed by atoms with Gasteiger partial charge in [0.25, 0.3) is 20.2 Å². The summed E-state index contributed by atoms with van der Waals surface area (Å²) in [5, 5.41) is -0.118. The van der Waals surface area contributed by atoms with Crippen LogP contribution in [0, 0.1) is 0 Å². The zero-order chi connectivity index (χ0) is 34.6. The Kier molecular flexibility index (Phi) is 11.0. The number of benzene rings is 3. The second kappa shape index (κ2) is 14.8. The maximum Gasteiger partial charge on any atom is 0.267 e. The zero-order valence-electron chi connectivity index (χ0n) is 27.2. The van der Waals surface area contributed by atoms with E-state index in [-0.39, 0.29) is 18.6 Å². The van der Waals surface area contributed by atoms with Gasteiger partial charge in [0.2, 0.25) is 0 Å². The minimum absolute atomic E-state index is 0.181. The molecular weight excluding hydrogens is 677 g/mol. The van der Waals surface area contributed by atoms with Crippen molar-refractivity contribution in [3.05, 3.63) is 83.4 Å². The van der Waals surface area contributed by atoms with Gasteiger partial charge in [-0.15, -0.1) is 0 Å². The van der Waals surface area contributed by atoms with Crippen LogP contribution in [0.1, 0.15) is 33.1 Å². The highest BCUT2D eigenvalue weighted by atomic mass is 32.2. The number of rotatable bonds is 14. The van der Waals surface area contributed by atoms with Gasteiger partial charge in [-0.25, -0.2) is 0 Å². The Morgan fingerprint density at radius 1 is 0.958 bits per heavy atom. The highest BCUT2D eigenvalue weighted by molar-refractivity contribution is 8.03. The molecule has 0 fully saturated rings. The third-order valence-electron chi connectivity index (χ3n) is 8.31. The Hall–Kier alpha value is -3.69. The summed E-state index contributed by atoms with van der Waals surface area (Å²) >= 11 is 1.51. The van der Waals surface area contributed by atoms with E-state index >= 15 is 0 Å². The van der Waals surface area contributed by atoms with E-state index in [9.17, 15) is 25.9 Å². The third kappa shape index (κ3) is 8.29. The molecule has 2 aliphatic rings. The number of methoxy groups -OCH3 is 2. The molecule has 0 spiro atoms. The summed E-state index contributed by atoms with van der Waals surface area (Å²) in [6.07, 6.45) is 4.47. The molecule has 0 bridgehead atoms. The lowest BCUT2D eigenvalue weighted by molar-refractivity contribution is 0.271. The fourth-order valence-corrected chi connectivity index (χ4v) is 7.68. The molecule has 0 saturated carbocycles. The number of ether oxygens (including phenoxy) is 3. The molecule has 3 aromatic rings. The second-order valence-corrected chi connectivity index (χ2v) is 16.0. The van der Waals surface area contributed by atoms with Crippen LogP contribution in [-0.4, -0.2) is 70.5 Å². The largest absolute Gasteiger partial charge is 0.493 e. The van der Waals surface area contributed by atoms with Crippen molar-refractivity contribution >= 4 is 43.4 Å². The summed E-state index contributed by atoms with van der Waals surface area (Å²) in [7, 11) is -5.24. The van der Waals surface area contributed by atoms with E-state index in [0.29, 0.717) is 36.8 Å². The highest BCUT2D eigenvalue weighted by Gasteiger charge is 2.32. The average molecular weight is 717 g/mol. The molecule has 2 unspecified atom stereocenters. The average Bonchev–Trinajstić information content (AvgIpc) is 3.57. The van der Waals surface area contributed by atoms with Crippen LogP contribution in [-0.2, 0) is 20.2 Å². The van der Waals surface area contributed by atoms with Crippen LogP contribution in [0.15, 0.2) is 88.3 Å². The summed E-state index contributed by atoms with van der Waals surface area (Å²) in [6.45, 7) is 4.13. The SMILES string of the molecule is CCC(=CC1Oc2ccc(-c3ccccc3)cc2N1CCC(C)S(=O)(=O)O)C=C1Sc2cc(OC)c(OC)cc2N1CCCS(=O)(=O)O. The number of fused-ring (bicyclic) bond motifs is 2. The van der Waals surface area contributed by atoms with Crippen LogP contribution in [0.5, 0.6) is 17.2 Å². The number of thioether (sulfide) groups is 1. The maximum atomic E-state index is 11.9. The Balaban J connectivity index is 1.50. The summed E-state index contributed by atoms with van der Waals surface area (Å²) in [4.78, 5) is 4.91. The molecule has 2 atom stereocenters. The van der Waals surface area contributed by atoms with E-state index < -0.39 is 31.7 Å². The molecule has 14 heteroatoms. The molecule has 3 aromatic carbocycles. The van der Waals surface area contributed by atoms with E-state index in [4.69, 9.17) is 14.2 Å². The van der Waals surface area contributed by atoms with Gasteiger partial charge in [-0.2, -0.15) is 16.8 Å². The van der Waals surface area contributed by atoms with Crippen LogP contribution < -0.4 is 24.0 Å². The summed E-state index contributed by atoms with van der Waals surface area (Å²) in [5.41, 5.74) is 4.59. The van der Waals surface area contributed by atoms with Crippen molar-refractivity contribution < 1.29 is 40.2 Å². The van der Waals surface area contributed by atoms with Crippen molar-refractivity contribution in [1.82, 2.24) is 0 Å². The van der Waals surface area contributed by atoms with Crippen LogP contribution in [0.25, 0.3) is 11.1 Å². The molecular formula is C34H40N2O9S3. The van der Waals surface area contributed by atoms with Crippen LogP contribution in [0.4, 0.5) is 11.4 Å². The van der Waals surface area contributed by atoms with Crippen molar-refractivity contribution in [3.8, 4) is 28.4 Å². The first-order chi connectivity index (χ1) is 22.8. The van der Waals surface area contributed by atoms with E-state index in [2.05, 4.69) is 0 Å². The van der Waals surface area contributed by atoms with Gasteiger partial charge >= 0.3 is 0 Å². The van der Waals surface area contributed by atoms with E-state index in [0.717, 1.165) is 38.0 Å². The number of hydrogen-bond acceptors (Lipinski definition) is 10. The summed E-state index contributed by atoms with van der Waals surface area (Å²) in [6, 6.07) is 19.6. The number of allylic oxidation sites excluding steroid dienone is 2. The van der Waals surface area contributed by atoms with Gasteiger partial charge in [-0.3, -0.25) is 9.11 Å². The molecule has 2 aliphatic heterocycles. The van der Waals surface area contributed by atoms with E-state index in [1.807, 2.05) is 89.5 Å². The van der Waals surface area contributed by atoms with Gasteiger partial charge in [0, 0.05) is 30.1 Å². The van der Waals surface area contributed by atoms with Crippen molar-refractivity contribution in [2.45, 2.75) is 49.5 Å². The van der Waals surface area contributed by atoms with Crippen molar-refractivity contribution in [2.24, 2.45) is 0 Å². The van der Waals surface area contributed by atoms with Crippen LogP contribution in [0.2, 0.25) is 0 Å². The molecule has 0 saturated heterocycles. The van der Waals surface area contributed by atoms with Gasteiger partial charge in [0.05, 0.1) is 41.6 Å².